The molecule has 0 saturated carbocycles. The topological polar surface area (TPSA) is 27.1 Å². The normalized spacial score (nSPS) is 10.7. The molecule has 1 aromatic heterocycles. The van der Waals surface area contributed by atoms with Gasteiger partial charge in [-0.05, 0) is 25.5 Å². The molecule has 1 aromatic carbocycles. The number of hydrogen-bond donors (Lipinski definition) is 0. The van der Waals surface area contributed by atoms with Crippen LogP contribution in [-0.4, -0.2) is 9.78 Å². The van der Waals surface area contributed by atoms with E-state index >= 15 is 0 Å². The van der Waals surface area contributed by atoms with Crippen molar-refractivity contribution >= 4 is 11.6 Å². The molecule has 2 rings (SSSR count). The van der Waals surface area contributed by atoms with Gasteiger partial charge in [-0.3, -0.25) is 4.68 Å². The van der Waals surface area contributed by atoms with Gasteiger partial charge in [0.05, 0.1) is 16.4 Å². The minimum atomic E-state index is -0.340. The summed E-state index contributed by atoms with van der Waals surface area (Å²) < 4.78 is 20.8. The lowest BCUT2D eigenvalue weighted by Gasteiger charge is -2.09. The highest BCUT2D eigenvalue weighted by molar-refractivity contribution is 6.31. The van der Waals surface area contributed by atoms with E-state index in [0.717, 1.165) is 11.4 Å². The zero-order chi connectivity index (χ0) is 13.3. The first kappa shape index (κ1) is 12.9. The second kappa shape index (κ2) is 4.98. The molecule has 0 fully saturated rings. The van der Waals surface area contributed by atoms with E-state index < -0.39 is 0 Å². The van der Waals surface area contributed by atoms with Crippen LogP contribution >= 0.6 is 11.6 Å². The zero-order valence-corrected chi connectivity index (χ0v) is 11.3. The summed E-state index contributed by atoms with van der Waals surface area (Å²) in [6.45, 7) is 3.71. The van der Waals surface area contributed by atoms with Gasteiger partial charge in [0.2, 0.25) is 0 Å². The fourth-order valence-corrected chi connectivity index (χ4v) is 1.93. The molecule has 0 spiro atoms. The standard InChI is InChI=1S/C13H14ClFN2O/c1-8-5-4-6-11(13(8)15)18-7-10-12(14)9(2)16-17(10)3/h4-6H,7H2,1-3H3. The van der Waals surface area contributed by atoms with Crippen LogP contribution in [0.25, 0.3) is 0 Å². The Morgan fingerprint density at radius 3 is 2.72 bits per heavy atom. The molecule has 96 valence electrons. The number of rotatable bonds is 3. The largest absolute Gasteiger partial charge is 0.484 e. The molecule has 0 atom stereocenters. The molecule has 18 heavy (non-hydrogen) atoms. The third kappa shape index (κ3) is 2.34. The molecule has 0 aliphatic heterocycles. The molecule has 0 saturated heterocycles. The van der Waals surface area contributed by atoms with Gasteiger partial charge in [-0.15, -0.1) is 0 Å². The molecule has 3 nitrogen and oxygen atoms in total. The average Bonchev–Trinajstić information content (AvgIpc) is 2.56. The summed E-state index contributed by atoms with van der Waals surface area (Å²) in [5.74, 6) is -0.113. The average molecular weight is 269 g/mol. The summed E-state index contributed by atoms with van der Waals surface area (Å²) in [5.41, 5.74) is 2.03. The third-order valence-corrected chi connectivity index (χ3v) is 3.27. The number of benzene rings is 1. The number of aromatic nitrogens is 2. The summed E-state index contributed by atoms with van der Waals surface area (Å²) in [5, 5.41) is 4.73. The van der Waals surface area contributed by atoms with E-state index in [1.807, 2.05) is 6.92 Å². The van der Waals surface area contributed by atoms with Gasteiger partial charge in [-0.25, -0.2) is 4.39 Å². The molecule has 0 amide bonds. The van der Waals surface area contributed by atoms with E-state index in [2.05, 4.69) is 5.10 Å². The number of nitrogens with zero attached hydrogens (tertiary/aromatic N) is 2. The number of hydrogen-bond acceptors (Lipinski definition) is 2. The first-order chi connectivity index (χ1) is 8.50. The number of halogens is 2. The maximum Gasteiger partial charge on any atom is 0.167 e. The van der Waals surface area contributed by atoms with Crippen LogP contribution in [0.3, 0.4) is 0 Å². The van der Waals surface area contributed by atoms with Gasteiger partial charge in [0, 0.05) is 7.05 Å². The van der Waals surface area contributed by atoms with E-state index in [-0.39, 0.29) is 18.2 Å². The van der Waals surface area contributed by atoms with E-state index in [4.69, 9.17) is 16.3 Å². The van der Waals surface area contributed by atoms with Gasteiger partial charge in [0.1, 0.15) is 6.61 Å². The summed E-state index contributed by atoms with van der Waals surface area (Å²) in [7, 11) is 1.78. The van der Waals surface area contributed by atoms with Crippen LogP contribution in [0.15, 0.2) is 18.2 Å². The Labute approximate surface area is 110 Å². The van der Waals surface area contributed by atoms with Crippen LogP contribution in [0.1, 0.15) is 17.0 Å². The molecular formula is C13H14ClFN2O. The maximum atomic E-state index is 13.7. The molecular weight excluding hydrogens is 255 g/mol. The lowest BCUT2D eigenvalue weighted by Crippen LogP contribution is -2.04. The van der Waals surface area contributed by atoms with E-state index in [1.54, 1.807) is 36.9 Å². The van der Waals surface area contributed by atoms with Crippen molar-refractivity contribution < 1.29 is 9.13 Å². The van der Waals surface area contributed by atoms with E-state index in [1.165, 1.54) is 0 Å². The minimum absolute atomic E-state index is 0.191. The second-order valence-corrected chi connectivity index (χ2v) is 4.52. The van der Waals surface area contributed by atoms with Crippen molar-refractivity contribution in [3.63, 3.8) is 0 Å². The van der Waals surface area contributed by atoms with Crippen molar-refractivity contribution in [1.29, 1.82) is 0 Å². The van der Waals surface area contributed by atoms with Gasteiger partial charge in [0.25, 0.3) is 0 Å². The molecule has 0 aliphatic carbocycles. The fraction of sp³-hybridized carbons (Fsp3) is 0.308. The Kier molecular flexibility index (Phi) is 3.57. The lowest BCUT2D eigenvalue weighted by molar-refractivity contribution is 0.280. The van der Waals surface area contributed by atoms with Crippen molar-refractivity contribution in [2.45, 2.75) is 20.5 Å². The molecule has 5 heteroatoms. The monoisotopic (exact) mass is 268 g/mol. The summed E-state index contributed by atoms with van der Waals surface area (Å²) in [4.78, 5) is 0. The number of aryl methyl sites for hydroxylation is 3. The van der Waals surface area contributed by atoms with E-state index in [9.17, 15) is 4.39 Å². The Bertz CT molecular complexity index is 581. The predicted molar refractivity (Wildman–Crippen MR) is 68.4 cm³/mol. The van der Waals surface area contributed by atoms with Crippen molar-refractivity contribution in [2.24, 2.45) is 7.05 Å². The van der Waals surface area contributed by atoms with Gasteiger partial charge in [-0.1, -0.05) is 23.7 Å². The van der Waals surface area contributed by atoms with Crippen LogP contribution in [0, 0.1) is 19.7 Å². The Morgan fingerprint density at radius 1 is 1.39 bits per heavy atom. The van der Waals surface area contributed by atoms with Gasteiger partial charge in [-0.2, -0.15) is 5.10 Å². The summed E-state index contributed by atoms with van der Waals surface area (Å²) in [6, 6.07) is 5.05. The SMILES string of the molecule is Cc1cccc(OCc2c(Cl)c(C)nn2C)c1F. The quantitative estimate of drug-likeness (QED) is 0.853. The van der Waals surface area contributed by atoms with Crippen LogP contribution in [0.4, 0.5) is 4.39 Å². The smallest absolute Gasteiger partial charge is 0.167 e. The predicted octanol–water partition coefficient (Wildman–Crippen LogP) is 3.41. The van der Waals surface area contributed by atoms with Crippen molar-refractivity contribution in [2.75, 3.05) is 0 Å². The van der Waals surface area contributed by atoms with Crippen LogP contribution < -0.4 is 4.74 Å². The molecule has 2 aromatic rings. The summed E-state index contributed by atoms with van der Waals surface area (Å²) in [6.07, 6.45) is 0. The molecule has 1 heterocycles. The lowest BCUT2D eigenvalue weighted by atomic mass is 10.2. The molecule has 0 unspecified atom stereocenters. The molecule has 0 N–H and O–H groups in total. The van der Waals surface area contributed by atoms with Crippen LogP contribution in [-0.2, 0) is 13.7 Å². The fourth-order valence-electron chi connectivity index (χ4n) is 1.71. The highest BCUT2D eigenvalue weighted by atomic mass is 35.5. The highest BCUT2D eigenvalue weighted by Gasteiger charge is 2.13. The van der Waals surface area contributed by atoms with Crippen molar-refractivity contribution in [3.05, 3.63) is 46.0 Å². The van der Waals surface area contributed by atoms with Gasteiger partial charge >= 0.3 is 0 Å². The molecule has 0 aliphatic rings. The second-order valence-electron chi connectivity index (χ2n) is 4.15. The van der Waals surface area contributed by atoms with Gasteiger partial charge in [0.15, 0.2) is 11.6 Å². The first-order valence-electron chi connectivity index (χ1n) is 5.56. The first-order valence-corrected chi connectivity index (χ1v) is 5.94. The van der Waals surface area contributed by atoms with Crippen LogP contribution in [0.2, 0.25) is 5.02 Å². The molecule has 0 bridgehead atoms. The maximum absolute atomic E-state index is 13.7. The van der Waals surface area contributed by atoms with Gasteiger partial charge < -0.3 is 4.74 Å². The van der Waals surface area contributed by atoms with Crippen molar-refractivity contribution in [3.8, 4) is 5.75 Å². The molecule has 0 radical (unpaired) electrons. The Hall–Kier alpha value is -1.55. The Morgan fingerprint density at radius 2 is 2.11 bits per heavy atom. The highest BCUT2D eigenvalue weighted by Crippen LogP contribution is 2.24. The zero-order valence-electron chi connectivity index (χ0n) is 10.5. The summed E-state index contributed by atoms with van der Waals surface area (Å²) >= 11 is 6.09. The van der Waals surface area contributed by atoms with E-state index in [0.29, 0.717) is 10.6 Å². The Balaban J connectivity index is 2.19. The number of ether oxygens (including phenoxy) is 1. The van der Waals surface area contributed by atoms with Crippen molar-refractivity contribution in [1.82, 2.24) is 9.78 Å². The van der Waals surface area contributed by atoms with Crippen LogP contribution in [0.5, 0.6) is 5.75 Å². The third-order valence-electron chi connectivity index (χ3n) is 2.78. The minimum Gasteiger partial charge on any atom is -0.484 e.